The summed E-state index contributed by atoms with van der Waals surface area (Å²) in [4.78, 5) is 13.1. The zero-order valence-electron chi connectivity index (χ0n) is 12.9. The number of carbonyl (C=O) groups is 1. The fraction of sp³-hybridized carbons (Fsp3) is 0.562. The highest BCUT2D eigenvalue weighted by Crippen LogP contribution is 2.17. The molecule has 1 N–H and O–H groups in total. The van der Waals surface area contributed by atoms with Crippen LogP contribution >= 0.6 is 0 Å². The van der Waals surface area contributed by atoms with Crippen molar-refractivity contribution in [1.82, 2.24) is 4.90 Å². The van der Waals surface area contributed by atoms with E-state index in [4.69, 9.17) is 9.84 Å². The Hall–Kier alpha value is -1.40. The molecule has 1 unspecified atom stereocenters. The van der Waals surface area contributed by atoms with Crippen LogP contribution in [0.25, 0.3) is 0 Å². The minimum absolute atomic E-state index is 0.459. The lowest BCUT2D eigenvalue weighted by atomic mass is 9.98. The number of rotatable bonds is 6. The first kappa shape index (κ1) is 17.0. The van der Waals surface area contributed by atoms with Gasteiger partial charge in [-0.1, -0.05) is 12.1 Å². The van der Waals surface area contributed by atoms with Crippen LogP contribution in [0.5, 0.6) is 0 Å². The molecule has 1 aromatic rings. The lowest BCUT2D eigenvalue weighted by molar-refractivity contribution is 0.0666. The summed E-state index contributed by atoms with van der Waals surface area (Å²) in [5.74, 6) is 0.459. The van der Waals surface area contributed by atoms with Gasteiger partial charge >= 0.3 is 6.09 Å². The zero-order chi connectivity index (χ0) is 15.9. The van der Waals surface area contributed by atoms with Crippen molar-refractivity contribution in [2.75, 3.05) is 32.6 Å². The highest BCUT2D eigenvalue weighted by Gasteiger charge is 2.22. The molecule has 1 amide bonds. The van der Waals surface area contributed by atoms with Gasteiger partial charge in [-0.25, -0.2) is 4.79 Å². The van der Waals surface area contributed by atoms with Crippen LogP contribution in [-0.4, -0.2) is 52.9 Å². The lowest BCUT2D eigenvalue weighted by Crippen LogP contribution is -2.38. The molecule has 1 saturated heterocycles. The van der Waals surface area contributed by atoms with Crippen LogP contribution in [0.1, 0.15) is 18.4 Å². The van der Waals surface area contributed by atoms with Crippen LogP contribution in [0.15, 0.2) is 29.2 Å². The number of hydrogen-bond donors (Lipinski definition) is 1. The fourth-order valence-corrected chi connectivity index (χ4v) is 3.10. The highest BCUT2D eigenvalue weighted by atomic mass is 32.2. The zero-order valence-corrected chi connectivity index (χ0v) is 13.7. The lowest BCUT2D eigenvalue weighted by Gasteiger charge is -2.29. The van der Waals surface area contributed by atoms with Gasteiger partial charge in [0.1, 0.15) is 0 Å². The molecule has 1 aliphatic rings. The number of hydrogen-bond acceptors (Lipinski definition) is 3. The van der Waals surface area contributed by atoms with Crippen molar-refractivity contribution in [3.05, 3.63) is 29.8 Å². The third-order valence-electron chi connectivity index (χ3n) is 4.03. The maximum atomic E-state index is 11.3. The number of carboxylic acid groups (broad SMARTS) is 1. The summed E-state index contributed by atoms with van der Waals surface area (Å²) in [5.41, 5.74) is 1.18. The van der Waals surface area contributed by atoms with Crippen molar-refractivity contribution < 1.29 is 18.8 Å². The van der Waals surface area contributed by atoms with Crippen LogP contribution in [0.3, 0.4) is 0 Å². The van der Waals surface area contributed by atoms with E-state index in [0.717, 1.165) is 24.2 Å². The quantitative estimate of drug-likeness (QED) is 0.816. The van der Waals surface area contributed by atoms with Gasteiger partial charge in [-0.2, -0.15) is 0 Å². The molecule has 0 radical (unpaired) electrons. The van der Waals surface area contributed by atoms with Crippen molar-refractivity contribution in [2.45, 2.75) is 24.2 Å². The van der Waals surface area contributed by atoms with E-state index >= 15 is 0 Å². The molecule has 0 aromatic heterocycles. The molecule has 5 nitrogen and oxygen atoms in total. The Morgan fingerprint density at radius 1 is 1.32 bits per heavy atom. The minimum Gasteiger partial charge on any atom is -0.465 e. The first-order chi connectivity index (χ1) is 10.6. The molecule has 1 aromatic carbocycles. The maximum Gasteiger partial charge on any atom is 0.407 e. The number of ether oxygens (including phenoxy) is 1. The molecule has 0 aliphatic carbocycles. The Bertz CT molecular complexity index is 509. The van der Waals surface area contributed by atoms with Crippen molar-refractivity contribution in [3.8, 4) is 0 Å². The Balaban J connectivity index is 1.63. The molecule has 22 heavy (non-hydrogen) atoms. The van der Waals surface area contributed by atoms with E-state index < -0.39 is 16.9 Å². The molecule has 0 bridgehead atoms. The fourth-order valence-electron chi connectivity index (χ4n) is 2.58. The van der Waals surface area contributed by atoms with Gasteiger partial charge in [0.15, 0.2) is 0 Å². The summed E-state index contributed by atoms with van der Waals surface area (Å²) in [5, 5.41) is 8.89. The molecule has 0 spiro atoms. The van der Waals surface area contributed by atoms with Crippen LogP contribution < -0.4 is 0 Å². The number of amides is 1. The van der Waals surface area contributed by atoms with Crippen LogP contribution in [0.2, 0.25) is 0 Å². The molecule has 1 heterocycles. The molecule has 2 rings (SSSR count). The van der Waals surface area contributed by atoms with Gasteiger partial charge < -0.3 is 14.7 Å². The second kappa shape index (κ2) is 8.29. The Kier molecular flexibility index (Phi) is 6.39. The van der Waals surface area contributed by atoms with E-state index in [1.165, 1.54) is 10.5 Å². The summed E-state index contributed by atoms with van der Waals surface area (Å²) < 4.78 is 17.0. The van der Waals surface area contributed by atoms with Gasteiger partial charge in [0.2, 0.25) is 0 Å². The molecule has 122 valence electrons. The Morgan fingerprint density at radius 3 is 2.50 bits per heavy atom. The van der Waals surface area contributed by atoms with Crippen molar-refractivity contribution in [2.24, 2.45) is 5.92 Å². The first-order valence-corrected chi connectivity index (χ1v) is 9.10. The predicted octanol–water partition coefficient (Wildman–Crippen LogP) is 2.37. The molecule has 1 fully saturated rings. The van der Waals surface area contributed by atoms with Crippen LogP contribution in [0, 0.1) is 5.92 Å². The van der Waals surface area contributed by atoms with Gasteiger partial charge in [0.05, 0.1) is 6.61 Å². The third-order valence-corrected chi connectivity index (χ3v) is 4.96. The average Bonchev–Trinajstić information content (AvgIpc) is 2.52. The van der Waals surface area contributed by atoms with E-state index in [-0.39, 0.29) is 0 Å². The molecular formula is C16H23NO4S. The Morgan fingerprint density at radius 2 is 1.95 bits per heavy atom. The molecule has 1 aliphatic heterocycles. The SMILES string of the molecule is CS(=O)c1ccc(CCOCC2CCN(C(=O)O)CC2)cc1. The number of nitrogens with zero attached hydrogens (tertiary/aromatic N) is 1. The maximum absolute atomic E-state index is 11.3. The Labute approximate surface area is 133 Å². The highest BCUT2D eigenvalue weighted by molar-refractivity contribution is 7.84. The van der Waals surface area contributed by atoms with Crippen molar-refractivity contribution in [3.63, 3.8) is 0 Å². The topological polar surface area (TPSA) is 66.8 Å². The summed E-state index contributed by atoms with van der Waals surface area (Å²) in [6.07, 6.45) is 3.45. The van der Waals surface area contributed by atoms with Crippen molar-refractivity contribution in [1.29, 1.82) is 0 Å². The van der Waals surface area contributed by atoms with E-state index in [1.54, 1.807) is 6.26 Å². The van der Waals surface area contributed by atoms with Crippen LogP contribution in [0.4, 0.5) is 4.79 Å². The standard InChI is InChI=1S/C16H23NO4S/c1-22(20)15-4-2-13(3-5-15)8-11-21-12-14-6-9-17(10-7-14)16(18)19/h2-5,14H,6-12H2,1H3,(H,18,19). The average molecular weight is 325 g/mol. The largest absolute Gasteiger partial charge is 0.465 e. The third kappa shape index (κ3) is 5.10. The molecule has 6 heteroatoms. The van der Waals surface area contributed by atoms with Gasteiger partial charge in [0.25, 0.3) is 0 Å². The summed E-state index contributed by atoms with van der Waals surface area (Å²) in [6.45, 7) is 2.58. The predicted molar refractivity (Wildman–Crippen MR) is 85.6 cm³/mol. The second-order valence-corrected chi connectivity index (χ2v) is 7.02. The number of likely N-dealkylation sites (tertiary alicyclic amines) is 1. The van der Waals surface area contributed by atoms with E-state index in [2.05, 4.69) is 0 Å². The summed E-state index contributed by atoms with van der Waals surface area (Å²) in [6, 6.07) is 7.77. The second-order valence-electron chi connectivity index (χ2n) is 5.64. The monoisotopic (exact) mass is 325 g/mol. The minimum atomic E-state index is -0.931. The van der Waals surface area contributed by atoms with Gasteiger partial charge in [-0.05, 0) is 42.9 Å². The van der Waals surface area contributed by atoms with Gasteiger partial charge in [0, 0.05) is 41.6 Å². The number of piperidine rings is 1. The smallest absolute Gasteiger partial charge is 0.407 e. The normalized spacial score (nSPS) is 17.4. The van der Waals surface area contributed by atoms with Crippen LogP contribution in [-0.2, 0) is 22.0 Å². The molecule has 1 atom stereocenters. The molecule has 0 saturated carbocycles. The van der Waals surface area contributed by atoms with Gasteiger partial charge in [-0.15, -0.1) is 0 Å². The van der Waals surface area contributed by atoms with E-state index in [1.807, 2.05) is 24.3 Å². The van der Waals surface area contributed by atoms with Crippen molar-refractivity contribution >= 4 is 16.9 Å². The van der Waals surface area contributed by atoms with Gasteiger partial charge in [-0.3, -0.25) is 4.21 Å². The molecular weight excluding hydrogens is 302 g/mol. The van der Waals surface area contributed by atoms with E-state index in [0.29, 0.717) is 32.2 Å². The summed E-state index contributed by atoms with van der Waals surface area (Å²) in [7, 11) is -0.931. The van der Waals surface area contributed by atoms with E-state index in [9.17, 15) is 9.00 Å². The first-order valence-electron chi connectivity index (χ1n) is 7.54. The number of benzene rings is 1. The summed E-state index contributed by atoms with van der Waals surface area (Å²) >= 11 is 0.